The predicted molar refractivity (Wildman–Crippen MR) is 128 cm³/mol. The lowest BCUT2D eigenvalue weighted by Gasteiger charge is -2.26. The van der Waals surface area contributed by atoms with Crippen molar-refractivity contribution in [3.8, 4) is 11.5 Å². The number of nitrogens with zero attached hydrogens (tertiary/aromatic N) is 2. The van der Waals surface area contributed by atoms with Crippen molar-refractivity contribution in [2.24, 2.45) is 0 Å². The molecule has 0 saturated carbocycles. The minimum absolute atomic E-state index is 0.0659. The summed E-state index contributed by atoms with van der Waals surface area (Å²) in [4.78, 5) is 40.7. The van der Waals surface area contributed by atoms with Gasteiger partial charge < -0.3 is 19.1 Å². The molecule has 10 heteroatoms. The molecule has 35 heavy (non-hydrogen) atoms. The summed E-state index contributed by atoms with van der Waals surface area (Å²) in [6.45, 7) is 4.25. The van der Waals surface area contributed by atoms with Gasteiger partial charge in [-0.25, -0.2) is 4.39 Å². The van der Waals surface area contributed by atoms with Crippen molar-refractivity contribution < 1.29 is 33.0 Å². The highest BCUT2D eigenvalue weighted by molar-refractivity contribution is 8.18. The zero-order chi connectivity index (χ0) is 24.8. The zero-order valence-corrected chi connectivity index (χ0v) is 20.0. The van der Waals surface area contributed by atoms with Gasteiger partial charge in [0.05, 0.1) is 31.3 Å². The first-order valence-electron chi connectivity index (χ1n) is 11.2. The number of halogens is 1. The van der Waals surface area contributed by atoms with Gasteiger partial charge in [0.25, 0.3) is 17.1 Å². The Kier molecular flexibility index (Phi) is 8.04. The van der Waals surface area contributed by atoms with Gasteiger partial charge in [-0.05, 0) is 60.2 Å². The number of thioether (sulfide) groups is 1. The third-order valence-electron chi connectivity index (χ3n) is 5.41. The molecule has 2 aromatic carbocycles. The quantitative estimate of drug-likeness (QED) is 0.511. The molecular weight excluding hydrogens is 475 g/mol. The van der Waals surface area contributed by atoms with Gasteiger partial charge in [0, 0.05) is 13.1 Å². The monoisotopic (exact) mass is 500 g/mol. The molecule has 184 valence electrons. The van der Waals surface area contributed by atoms with Crippen LogP contribution >= 0.6 is 11.8 Å². The number of hydrogen-bond acceptors (Lipinski definition) is 7. The van der Waals surface area contributed by atoms with Crippen LogP contribution in [0, 0.1) is 5.82 Å². The second-order valence-corrected chi connectivity index (χ2v) is 8.81. The molecule has 0 spiro atoms. The first-order chi connectivity index (χ1) is 16.9. The molecule has 2 saturated heterocycles. The van der Waals surface area contributed by atoms with Crippen molar-refractivity contribution in [1.29, 1.82) is 0 Å². The van der Waals surface area contributed by atoms with Crippen LogP contribution in [0.25, 0.3) is 6.08 Å². The highest BCUT2D eigenvalue weighted by Crippen LogP contribution is 2.35. The van der Waals surface area contributed by atoms with E-state index in [0.717, 1.165) is 16.7 Å². The summed E-state index contributed by atoms with van der Waals surface area (Å²) in [6.07, 6.45) is 1.61. The summed E-state index contributed by atoms with van der Waals surface area (Å²) in [5, 5.41) is -0.391. The number of benzene rings is 2. The Morgan fingerprint density at radius 1 is 1.09 bits per heavy atom. The van der Waals surface area contributed by atoms with Gasteiger partial charge in [-0.1, -0.05) is 18.2 Å². The Labute approximate surface area is 206 Å². The molecule has 4 rings (SSSR count). The number of ether oxygens (including phenoxy) is 3. The Hall–Kier alpha value is -3.37. The van der Waals surface area contributed by atoms with E-state index in [0.29, 0.717) is 55.5 Å². The van der Waals surface area contributed by atoms with Gasteiger partial charge in [0.2, 0.25) is 0 Å². The largest absolute Gasteiger partial charge is 0.490 e. The van der Waals surface area contributed by atoms with Gasteiger partial charge in [-0.2, -0.15) is 0 Å². The van der Waals surface area contributed by atoms with Crippen molar-refractivity contribution >= 4 is 34.9 Å². The summed E-state index contributed by atoms with van der Waals surface area (Å²) >= 11 is 0.844. The van der Waals surface area contributed by atoms with Crippen LogP contribution in [0.3, 0.4) is 0 Å². The average molecular weight is 501 g/mol. The van der Waals surface area contributed by atoms with Crippen molar-refractivity contribution in [2.75, 3.05) is 39.5 Å². The standard InChI is InChI=1S/C25H25FN2O6S/c1-2-33-21-13-18(5-8-20(21)34-16-23(29)27-9-11-32-12-10-27)14-22-24(30)28(25(31)35-22)15-17-3-6-19(26)7-4-17/h3-8,13-14H,2,9-12,15-16H2,1H3/b22-14-. The first kappa shape index (κ1) is 24.7. The minimum Gasteiger partial charge on any atom is -0.490 e. The maximum absolute atomic E-state index is 13.1. The summed E-state index contributed by atoms with van der Waals surface area (Å²) in [5.41, 5.74) is 1.30. The zero-order valence-electron chi connectivity index (χ0n) is 19.2. The molecule has 0 radical (unpaired) electrons. The second kappa shape index (κ2) is 11.4. The lowest BCUT2D eigenvalue weighted by molar-refractivity contribution is -0.137. The molecule has 0 unspecified atom stereocenters. The van der Waals surface area contributed by atoms with E-state index in [1.807, 2.05) is 6.92 Å². The maximum Gasteiger partial charge on any atom is 0.293 e. The minimum atomic E-state index is -0.418. The molecule has 0 aromatic heterocycles. The first-order valence-corrected chi connectivity index (χ1v) is 12.0. The van der Waals surface area contributed by atoms with Gasteiger partial charge in [-0.3, -0.25) is 19.3 Å². The van der Waals surface area contributed by atoms with E-state index in [2.05, 4.69) is 0 Å². The Morgan fingerprint density at radius 3 is 2.54 bits per heavy atom. The van der Waals surface area contributed by atoms with E-state index in [4.69, 9.17) is 14.2 Å². The lowest BCUT2D eigenvalue weighted by Crippen LogP contribution is -2.43. The Bertz CT molecular complexity index is 1130. The number of rotatable bonds is 8. The van der Waals surface area contributed by atoms with Crippen molar-refractivity contribution in [2.45, 2.75) is 13.5 Å². The number of morpholine rings is 1. The molecule has 2 aromatic rings. The van der Waals surface area contributed by atoms with Gasteiger partial charge in [-0.15, -0.1) is 0 Å². The normalized spacial score (nSPS) is 17.3. The molecule has 2 aliphatic heterocycles. The Balaban J connectivity index is 1.45. The van der Waals surface area contributed by atoms with Crippen LogP contribution in [0.1, 0.15) is 18.1 Å². The Morgan fingerprint density at radius 2 is 1.83 bits per heavy atom. The van der Waals surface area contributed by atoms with Crippen LogP contribution in [0.2, 0.25) is 0 Å². The summed E-state index contributed by atoms with van der Waals surface area (Å²) in [7, 11) is 0. The topological polar surface area (TPSA) is 85.4 Å². The van der Waals surface area contributed by atoms with E-state index < -0.39 is 11.1 Å². The number of carbonyl (C=O) groups is 3. The summed E-state index contributed by atoms with van der Waals surface area (Å²) in [5.74, 6) is -0.0873. The second-order valence-electron chi connectivity index (χ2n) is 7.82. The number of carbonyl (C=O) groups excluding carboxylic acids is 3. The van der Waals surface area contributed by atoms with Crippen LogP contribution in [-0.2, 0) is 20.9 Å². The van der Waals surface area contributed by atoms with E-state index in [1.165, 1.54) is 12.1 Å². The molecule has 2 fully saturated rings. The highest BCUT2D eigenvalue weighted by atomic mass is 32.2. The van der Waals surface area contributed by atoms with Crippen molar-refractivity contribution in [1.82, 2.24) is 9.80 Å². The number of hydrogen-bond donors (Lipinski definition) is 0. The number of imide groups is 1. The van der Waals surface area contributed by atoms with E-state index in [9.17, 15) is 18.8 Å². The van der Waals surface area contributed by atoms with Gasteiger partial charge >= 0.3 is 0 Å². The van der Waals surface area contributed by atoms with Crippen LogP contribution in [0.15, 0.2) is 47.4 Å². The molecule has 2 aliphatic rings. The van der Waals surface area contributed by atoms with Gasteiger partial charge in [0.15, 0.2) is 18.1 Å². The maximum atomic E-state index is 13.1. The smallest absolute Gasteiger partial charge is 0.293 e. The molecule has 0 atom stereocenters. The van der Waals surface area contributed by atoms with Crippen LogP contribution in [-0.4, -0.2) is 66.4 Å². The summed E-state index contributed by atoms with van der Waals surface area (Å²) in [6, 6.07) is 10.8. The van der Waals surface area contributed by atoms with Crippen LogP contribution < -0.4 is 9.47 Å². The third kappa shape index (κ3) is 6.20. The molecule has 0 bridgehead atoms. The SMILES string of the molecule is CCOc1cc(/C=C2\SC(=O)N(Cc3ccc(F)cc3)C2=O)ccc1OCC(=O)N1CCOCC1. The molecule has 0 aliphatic carbocycles. The van der Waals surface area contributed by atoms with E-state index in [-0.39, 0.29) is 29.8 Å². The molecule has 0 N–H and O–H groups in total. The fourth-order valence-electron chi connectivity index (χ4n) is 3.61. The van der Waals surface area contributed by atoms with Crippen molar-refractivity contribution in [3.05, 3.63) is 64.3 Å². The molecular formula is C25H25FN2O6S. The molecule has 3 amide bonds. The average Bonchev–Trinajstić information content (AvgIpc) is 3.12. The third-order valence-corrected chi connectivity index (χ3v) is 6.32. The molecule has 8 nitrogen and oxygen atoms in total. The van der Waals surface area contributed by atoms with E-state index in [1.54, 1.807) is 41.3 Å². The fraction of sp³-hybridized carbons (Fsp3) is 0.320. The summed E-state index contributed by atoms with van der Waals surface area (Å²) < 4.78 is 29.8. The fourth-order valence-corrected chi connectivity index (χ4v) is 4.44. The molecule has 2 heterocycles. The predicted octanol–water partition coefficient (Wildman–Crippen LogP) is 3.70. The number of amides is 3. The van der Waals surface area contributed by atoms with Crippen LogP contribution in [0.4, 0.5) is 9.18 Å². The van der Waals surface area contributed by atoms with E-state index >= 15 is 0 Å². The van der Waals surface area contributed by atoms with Crippen molar-refractivity contribution in [3.63, 3.8) is 0 Å². The lowest BCUT2D eigenvalue weighted by atomic mass is 10.1. The van der Waals surface area contributed by atoms with Crippen LogP contribution in [0.5, 0.6) is 11.5 Å². The van der Waals surface area contributed by atoms with Gasteiger partial charge in [0.1, 0.15) is 5.82 Å². The highest BCUT2D eigenvalue weighted by Gasteiger charge is 2.35.